The van der Waals surface area contributed by atoms with E-state index in [1.54, 1.807) is 0 Å². The molecule has 6 nitrogen and oxygen atoms in total. The van der Waals surface area contributed by atoms with Gasteiger partial charge in [0.2, 0.25) is 5.91 Å². The summed E-state index contributed by atoms with van der Waals surface area (Å²) < 4.78 is 0. The van der Waals surface area contributed by atoms with Crippen molar-refractivity contribution in [2.24, 2.45) is 5.92 Å². The molecule has 0 bridgehead atoms. The van der Waals surface area contributed by atoms with Crippen molar-refractivity contribution in [1.82, 2.24) is 9.80 Å². The van der Waals surface area contributed by atoms with Gasteiger partial charge < -0.3 is 20.4 Å². The van der Waals surface area contributed by atoms with Crippen molar-refractivity contribution in [2.75, 3.05) is 43.9 Å². The number of amides is 3. The predicted octanol–water partition coefficient (Wildman–Crippen LogP) is 2.38. The van der Waals surface area contributed by atoms with Crippen molar-refractivity contribution in [3.8, 4) is 0 Å². The van der Waals surface area contributed by atoms with E-state index in [0.717, 1.165) is 56.0 Å². The minimum atomic E-state index is -0.0567. The zero-order valence-electron chi connectivity index (χ0n) is 14.5. The Hall–Kier alpha value is -2.08. The molecule has 1 aromatic rings. The van der Waals surface area contributed by atoms with Gasteiger partial charge in [0.05, 0.1) is 0 Å². The van der Waals surface area contributed by atoms with Gasteiger partial charge in [0.25, 0.3) is 0 Å². The Morgan fingerprint density at radius 1 is 1.42 bits per heavy atom. The molecule has 0 aliphatic carbocycles. The molecular weight excluding hydrogens is 304 g/mol. The van der Waals surface area contributed by atoms with Crippen molar-refractivity contribution < 1.29 is 9.59 Å². The van der Waals surface area contributed by atoms with Gasteiger partial charge in [0.15, 0.2) is 0 Å². The summed E-state index contributed by atoms with van der Waals surface area (Å²) in [6, 6.07) is 5.68. The van der Waals surface area contributed by atoms with Gasteiger partial charge in [-0.1, -0.05) is 13.0 Å². The summed E-state index contributed by atoms with van der Waals surface area (Å²) in [6.45, 7) is 5.82. The lowest BCUT2D eigenvalue weighted by Gasteiger charge is -2.21. The van der Waals surface area contributed by atoms with E-state index in [1.165, 1.54) is 0 Å². The summed E-state index contributed by atoms with van der Waals surface area (Å²) >= 11 is 0. The Kier molecular flexibility index (Phi) is 5.04. The van der Waals surface area contributed by atoms with Gasteiger partial charge in [-0.15, -0.1) is 0 Å². The van der Waals surface area contributed by atoms with Gasteiger partial charge in [-0.3, -0.25) is 4.79 Å². The standard InChI is InChI=1S/C18H26N4O2/c1-3-21(2)11-13-8-9-22(12-13)18(24)19-15-6-4-14-5-7-17(23)20-16(14)10-15/h4,6,10,13H,3,5,7-9,11-12H2,1-2H3,(H,19,24)(H,20,23)/t13-/m0/s1. The molecule has 1 atom stereocenters. The van der Waals surface area contributed by atoms with E-state index in [4.69, 9.17) is 0 Å². The summed E-state index contributed by atoms with van der Waals surface area (Å²) in [4.78, 5) is 28.1. The maximum Gasteiger partial charge on any atom is 0.321 e. The van der Waals surface area contributed by atoms with Crippen LogP contribution >= 0.6 is 0 Å². The van der Waals surface area contributed by atoms with E-state index < -0.39 is 0 Å². The minimum Gasteiger partial charge on any atom is -0.326 e. The van der Waals surface area contributed by atoms with Crippen LogP contribution in [0.25, 0.3) is 0 Å². The molecule has 6 heteroatoms. The van der Waals surface area contributed by atoms with Crippen molar-refractivity contribution in [3.63, 3.8) is 0 Å². The molecule has 2 aliphatic heterocycles. The largest absolute Gasteiger partial charge is 0.326 e. The van der Waals surface area contributed by atoms with Gasteiger partial charge in [0, 0.05) is 37.4 Å². The second-order valence-corrected chi connectivity index (χ2v) is 6.81. The first-order valence-electron chi connectivity index (χ1n) is 8.72. The number of hydrogen-bond donors (Lipinski definition) is 2. The van der Waals surface area contributed by atoms with Crippen molar-refractivity contribution in [2.45, 2.75) is 26.2 Å². The van der Waals surface area contributed by atoms with Gasteiger partial charge in [0.1, 0.15) is 0 Å². The van der Waals surface area contributed by atoms with Crippen molar-refractivity contribution in [3.05, 3.63) is 23.8 Å². The molecule has 3 rings (SSSR count). The third-order valence-electron chi connectivity index (χ3n) is 4.94. The van der Waals surface area contributed by atoms with E-state index in [1.807, 2.05) is 23.1 Å². The molecule has 2 N–H and O–H groups in total. The van der Waals surface area contributed by atoms with E-state index in [-0.39, 0.29) is 11.9 Å². The first-order chi connectivity index (χ1) is 11.5. The number of hydrogen-bond acceptors (Lipinski definition) is 3. The molecule has 0 spiro atoms. The molecule has 1 saturated heterocycles. The Morgan fingerprint density at radius 2 is 2.25 bits per heavy atom. The Labute approximate surface area is 143 Å². The van der Waals surface area contributed by atoms with Crippen LogP contribution in [-0.4, -0.2) is 55.0 Å². The smallest absolute Gasteiger partial charge is 0.321 e. The first kappa shape index (κ1) is 16.8. The molecule has 3 amide bonds. The maximum atomic E-state index is 12.5. The van der Waals surface area contributed by atoms with Crippen LogP contribution < -0.4 is 10.6 Å². The van der Waals surface area contributed by atoms with Crippen LogP contribution in [0.15, 0.2) is 18.2 Å². The zero-order chi connectivity index (χ0) is 17.1. The van der Waals surface area contributed by atoms with Crippen LogP contribution in [0.1, 0.15) is 25.3 Å². The number of fused-ring (bicyclic) bond motifs is 1. The molecule has 0 radical (unpaired) electrons. The van der Waals surface area contributed by atoms with Crippen LogP contribution in [0.2, 0.25) is 0 Å². The predicted molar refractivity (Wildman–Crippen MR) is 95.3 cm³/mol. The Balaban J connectivity index is 1.57. The normalized spacial score (nSPS) is 20.0. The fourth-order valence-electron chi connectivity index (χ4n) is 3.39. The van der Waals surface area contributed by atoms with E-state index in [0.29, 0.717) is 12.3 Å². The first-order valence-corrected chi connectivity index (χ1v) is 8.72. The number of carbonyl (C=O) groups is 2. The van der Waals surface area contributed by atoms with E-state index in [2.05, 4.69) is 29.5 Å². The van der Waals surface area contributed by atoms with Crippen LogP contribution in [0.3, 0.4) is 0 Å². The van der Waals surface area contributed by atoms with Crippen LogP contribution in [-0.2, 0) is 11.2 Å². The van der Waals surface area contributed by atoms with Crippen LogP contribution in [0, 0.1) is 5.92 Å². The number of likely N-dealkylation sites (tertiary alicyclic amines) is 1. The number of carbonyl (C=O) groups excluding carboxylic acids is 2. The highest BCUT2D eigenvalue weighted by molar-refractivity contribution is 5.96. The summed E-state index contributed by atoms with van der Waals surface area (Å²) in [5.41, 5.74) is 2.67. The van der Waals surface area contributed by atoms with Crippen LogP contribution in [0.4, 0.5) is 16.2 Å². The van der Waals surface area contributed by atoms with Crippen LogP contribution in [0.5, 0.6) is 0 Å². The highest BCUT2D eigenvalue weighted by Gasteiger charge is 2.27. The average Bonchev–Trinajstić information content (AvgIpc) is 3.03. The average molecular weight is 330 g/mol. The summed E-state index contributed by atoms with van der Waals surface area (Å²) in [5, 5.41) is 5.83. The monoisotopic (exact) mass is 330 g/mol. The van der Waals surface area contributed by atoms with E-state index in [9.17, 15) is 9.59 Å². The molecule has 0 saturated carbocycles. The van der Waals surface area contributed by atoms with Gasteiger partial charge in [-0.2, -0.15) is 0 Å². The number of nitrogens with zero attached hydrogens (tertiary/aromatic N) is 2. The van der Waals surface area contributed by atoms with Crippen molar-refractivity contribution >= 4 is 23.3 Å². The lowest BCUT2D eigenvalue weighted by atomic mass is 10.0. The van der Waals surface area contributed by atoms with Gasteiger partial charge >= 0.3 is 6.03 Å². The topological polar surface area (TPSA) is 64.7 Å². The van der Waals surface area contributed by atoms with Crippen molar-refractivity contribution in [1.29, 1.82) is 0 Å². The highest BCUT2D eigenvalue weighted by Crippen LogP contribution is 2.26. The lowest BCUT2D eigenvalue weighted by molar-refractivity contribution is -0.116. The lowest BCUT2D eigenvalue weighted by Crippen LogP contribution is -2.34. The minimum absolute atomic E-state index is 0.0356. The molecule has 2 aliphatic rings. The second-order valence-electron chi connectivity index (χ2n) is 6.81. The summed E-state index contributed by atoms with van der Waals surface area (Å²) in [7, 11) is 2.12. The van der Waals surface area contributed by atoms with E-state index >= 15 is 0 Å². The van der Waals surface area contributed by atoms with Gasteiger partial charge in [-0.25, -0.2) is 4.79 Å². The third kappa shape index (κ3) is 3.87. The highest BCUT2D eigenvalue weighted by atomic mass is 16.2. The number of urea groups is 1. The summed E-state index contributed by atoms with van der Waals surface area (Å²) in [5.74, 6) is 0.580. The molecule has 1 aromatic carbocycles. The molecule has 0 unspecified atom stereocenters. The number of nitrogens with one attached hydrogen (secondary N) is 2. The molecule has 24 heavy (non-hydrogen) atoms. The molecule has 1 fully saturated rings. The maximum absolute atomic E-state index is 12.5. The molecule has 130 valence electrons. The summed E-state index contributed by atoms with van der Waals surface area (Å²) in [6.07, 6.45) is 2.34. The number of rotatable bonds is 4. The Bertz CT molecular complexity index is 631. The number of aryl methyl sites for hydroxylation is 1. The number of benzene rings is 1. The fraction of sp³-hybridized carbons (Fsp3) is 0.556. The molecular formula is C18H26N4O2. The quantitative estimate of drug-likeness (QED) is 0.891. The Morgan fingerprint density at radius 3 is 3.04 bits per heavy atom. The fourth-order valence-corrected chi connectivity index (χ4v) is 3.39. The second kappa shape index (κ2) is 7.21. The number of anilines is 2. The molecule has 2 heterocycles. The molecule has 0 aromatic heterocycles. The SMILES string of the molecule is CCN(C)C[C@@H]1CCN(C(=O)Nc2ccc3c(c2)NC(=O)CC3)C1. The van der Waals surface area contributed by atoms with Gasteiger partial charge in [-0.05, 0) is 50.0 Å². The third-order valence-corrected chi connectivity index (χ3v) is 4.94. The zero-order valence-corrected chi connectivity index (χ0v) is 14.5.